The monoisotopic (exact) mass is 433 g/mol. The van der Waals surface area contributed by atoms with Gasteiger partial charge in [0.25, 0.3) is 0 Å². The molecule has 21 heavy (non-hydrogen) atoms. The van der Waals surface area contributed by atoms with Gasteiger partial charge in [-0.25, -0.2) is 16.8 Å². The Morgan fingerprint density at radius 2 is 2.00 bits per heavy atom. The third-order valence-corrected chi connectivity index (χ3v) is 8.92. The first-order valence-corrected chi connectivity index (χ1v) is 11.6. The lowest BCUT2D eigenvalue weighted by atomic mass is 10.4. The highest BCUT2D eigenvalue weighted by atomic mass is 79.9. The first-order chi connectivity index (χ1) is 9.64. The summed E-state index contributed by atoms with van der Waals surface area (Å²) in [5.41, 5.74) is 0. The fourth-order valence-electron chi connectivity index (χ4n) is 1.95. The highest BCUT2D eigenvalue weighted by Gasteiger charge is 2.39. The molecule has 1 heterocycles. The minimum absolute atomic E-state index is 0.0272. The number of hydrogen-bond acceptors (Lipinski definition) is 5. The topological polar surface area (TPSA) is 71.5 Å². The molecule has 1 aliphatic rings. The van der Waals surface area contributed by atoms with Crippen molar-refractivity contribution in [2.75, 3.05) is 24.3 Å². The van der Waals surface area contributed by atoms with Crippen LogP contribution in [0.1, 0.15) is 0 Å². The fraction of sp³-hybridized carbons (Fsp3) is 0.455. The van der Waals surface area contributed by atoms with Gasteiger partial charge in [-0.15, -0.1) is 0 Å². The number of thioether (sulfide) groups is 1. The van der Waals surface area contributed by atoms with E-state index in [1.54, 1.807) is 0 Å². The van der Waals surface area contributed by atoms with Gasteiger partial charge < -0.3 is 0 Å². The van der Waals surface area contributed by atoms with Gasteiger partial charge in [-0.3, -0.25) is 0 Å². The molecule has 118 valence electrons. The Hall–Kier alpha value is 0.200. The molecule has 1 saturated heterocycles. The van der Waals surface area contributed by atoms with Crippen LogP contribution in [-0.2, 0) is 19.9 Å². The van der Waals surface area contributed by atoms with Crippen LogP contribution in [0.5, 0.6) is 0 Å². The summed E-state index contributed by atoms with van der Waals surface area (Å²) in [7, 11) is -7.38. The van der Waals surface area contributed by atoms with E-state index in [0.717, 1.165) is 10.6 Å². The van der Waals surface area contributed by atoms with Crippen LogP contribution in [0.25, 0.3) is 0 Å². The van der Waals surface area contributed by atoms with Crippen molar-refractivity contribution in [1.29, 1.82) is 0 Å². The molecule has 1 aliphatic heterocycles. The van der Waals surface area contributed by atoms with E-state index in [0.29, 0.717) is 15.2 Å². The van der Waals surface area contributed by atoms with Crippen LogP contribution in [0.2, 0.25) is 5.02 Å². The zero-order valence-corrected chi connectivity index (χ0v) is 15.8. The molecule has 0 saturated carbocycles. The van der Waals surface area contributed by atoms with Crippen LogP contribution in [-0.4, -0.2) is 50.8 Å². The van der Waals surface area contributed by atoms with Crippen LogP contribution in [0, 0.1) is 0 Å². The lowest BCUT2D eigenvalue weighted by Crippen LogP contribution is -2.49. The fourth-order valence-corrected chi connectivity index (χ4v) is 7.79. The van der Waals surface area contributed by atoms with Gasteiger partial charge in [0.1, 0.15) is 5.37 Å². The number of sulfonamides is 1. The maximum absolute atomic E-state index is 12.7. The molecule has 5 nitrogen and oxygen atoms in total. The largest absolute Gasteiger partial charge is 0.244 e. The molecule has 10 heteroatoms. The van der Waals surface area contributed by atoms with E-state index in [9.17, 15) is 16.8 Å². The van der Waals surface area contributed by atoms with E-state index in [-0.39, 0.29) is 17.2 Å². The predicted molar refractivity (Wildman–Crippen MR) is 89.0 cm³/mol. The molecular formula is C11H13BrClNO4S3. The van der Waals surface area contributed by atoms with E-state index in [1.807, 2.05) is 0 Å². The van der Waals surface area contributed by atoms with Crippen molar-refractivity contribution in [3.63, 3.8) is 0 Å². The molecule has 2 rings (SSSR count). The molecule has 1 fully saturated rings. The lowest BCUT2D eigenvalue weighted by molar-refractivity contribution is 0.405. The molecule has 1 unspecified atom stereocenters. The second kappa shape index (κ2) is 6.37. The Bertz CT molecular complexity index is 751. The number of nitrogens with zero attached hydrogens (tertiary/aromatic N) is 1. The number of hydrogen-bond donors (Lipinski definition) is 0. The van der Waals surface area contributed by atoms with Crippen molar-refractivity contribution in [2.45, 2.75) is 10.3 Å². The molecule has 0 spiro atoms. The quantitative estimate of drug-likeness (QED) is 0.729. The van der Waals surface area contributed by atoms with Crippen molar-refractivity contribution in [2.24, 2.45) is 0 Å². The second-order valence-corrected chi connectivity index (χ2v) is 11.1. The zero-order valence-electron chi connectivity index (χ0n) is 11.0. The summed E-state index contributed by atoms with van der Waals surface area (Å²) >= 11 is 10.5. The van der Waals surface area contributed by atoms with E-state index in [2.05, 4.69) is 15.9 Å². The summed E-state index contributed by atoms with van der Waals surface area (Å²) in [5.74, 6) is 0.812. The highest BCUT2D eigenvalue weighted by Crippen LogP contribution is 2.30. The predicted octanol–water partition coefficient (Wildman–Crippen LogP) is 2.21. The van der Waals surface area contributed by atoms with Gasteiger partial charge in [-0.2, -0.15) is 16.1 Å². The molecule has 0 aromatic heterocycles. The summed E-state index contributed by atoms with van der Waals surface area (Å²) in [4.78, 5) is 0.0272. The molecule has 0 aliphatic carbocycles. The third-order valence-electron chi connectivity index (χ3n) is 3.03. The lowest BCUT2D eigenvalue weighted by Gasteiger charge is -2.33. The van der Waals surface area contributed by atoms with Gasteiger partial charge in [0.15, 0.2) is 9.84 Å². The van der Waals surface area contributed by atoms with Crippen molar-refractivity contribution in [3.05, 3.63) is 27.7 Å². The molecule has 1 aromatic rings. The minimum Gasteiger partial charge on any atom is -0.227 e. The van der Waals surface area contributed by atoms with Crippen LogP contribution in [0.15, 0.2) is 27.6 Å². The van der Waals surface area contributed by atoms with Gasteiger partial charge in [-0.1, -0.05) is 11.6 Å². The number of sulfone groups is 1. The molecule has 1 aromatic carbocycles. The van der Waals surface area contributed by atoms with Crippen molar-refractivity contribution < 1.29 is 16.8 Å². The van der Waals surface area contributed by atoms with Crippen LogP contribution in [0.3, 0.4) is 0 Å². The highest BCUT2D eigenvalue weighted by molar-refractivity contribution is 9.10. The van der Waals surface area contributed by atoms with Crippen LogP contribution >= 0.6 is 39.3 Å². The summed E-state index contributed by atoms with van der Waals surface area (Å²) in [6, 6.07) is 4.23. The Morgan fingerprint density at radius 3 is 2.57 bits per heavy atom. The second-order valence-electron chi connectivity index (χ2n) is 4.55. The van der Waals surface area contributed by atoms with Crippen LogP contribution in [0.4, 0.5) is 0 Å². The smallest absolute Gasteiger partial charge is 0.227 e. The summed E-state index contributed by atoms with van der Waals surface area (Å²) in [6.45, 7) is 0.172. The Balaban J connectivity index is 2.48. The van der Waals surface area contributed by atoms with Gasteiger partial charge in [-0.05, 0) is 34.1 Å². The number of rotatable bonds is 3. The standard InChI is InChI=1S/C11H13BrClNO4S3/c1-20(15,16)11-7-19-5-4-14(11)21(17,18)8-2-3-10(13)9(12)6-8/h2-3,6,11H,4-5,7H2,1H3. The Labute approximate surface area is 142 Å². The minimum atomic E-state index is -3.88. The SMILES string of the molecule is CS(=O)(=O)C1CSCCN1S(=O)(=O)c1ccc(Cl)c(Br)c1. The average Bonchev–Trinajstić information content (AvgIpc) is 2.41. The summed E-state index contributed by atoms with van der Waals surface area (Å²) in [5, 5.41) is -0.640. The van der Waals surface area contributed by atoms with Crippen LogP contribution < -0.4 is 0 Å². The third kappa shape index (κ3) is 3.76. The number of halogens is 2. The molecular weight excluding hydrogens is 422 g/mol. The van der Waals surface area contributed by atoms with Crippen molar-refractivity contribution in [1.82, 2.24) is 4.31 Å². The maximum atomic E-state index is 12.7. The molecule has 1 atom stereocenters. The average molecular weight is 435 g/mol. The zero-order chi connectivity index (χ0) is 15.8. The first-order valence-electron chi connectivity index (χ1n) is 5.87. The molecule has 0 amide bonds. The summed E-state index contributed by atoms with van der Waals surface area (Å²) in [6.07, 6.45) is 1.06. The van der Waals surface area contributed by atoms with Crippen molar-refractivity contribution in [3.8, 4) is 0 Å². The first kappa shape index (κ1) is 17.6. The Kier molecular flexibility index (Phi) is 5.32. The molecule has 0 radical (unpaired) electrons. The molecule has 0 N–H and O–H groups in total. The van der Waals surface area contributed by atoms with Gasteiger partial charge >= 0.3 is 0 Å². The van der Waals surface area contributed by atoms with E-state index >= 15 is 0 Å². The van der Waals surface area contributed by atoms with E-state index in [4.69, 9.17) is 11.6 Å². The van der Waals surface area contributed by atoms with Gasteiger partial charge in [0.05, 0.1) is 9.92 Å². The summed E-state index contributed by atoms with van der Waals surface area (Å²) < 4.78 is 50.6. The van der Waals surface area contributed by atoms with Gasteiger partial charge in [0.2, 0.25) is 10.0 Å². The number of benzene rings is 1. The van der Waals surface area contributed by atoms with E-state index < -0.39 is 25.2 Å². The molecule has 0 bridgehead atoms. The normalized spacial score (nSPS) is 21.4. The Morgan fingerprint density at radius 1 is 1.33 bits per heavy atom. The van der Waals surface area contributed by atoms with Gasteiger partial charge in [0, 0.05) is 28.8 Å². The van der Waals surface area contributed by atoms with Crippen molar-refractivity contribution >= 4 is 59.2 Å². The maximum Gasteiger partial charge on any atom is 0.244 e. The van der Waals surface area contributed by atoms with E-state index in [1.165, 1.54) is 30.0 Å².